The van der Waals surface area contributed by atoms with Crippen molar-refractivity contribution in [2.45, 2.75) is 32.4 Å². The van der Waals surface area contributed by atoms with Crippen LogP contribution in [-0.4, -0.2) is 20.2 Å². The fourth-order valence-corrected chi connectivity index (χ4v) is 2.86. The van der Waals surface area contributed by atoms with E-state index in [-0.39, 0.29) is 0 Å². The van der Waals surface area contributed by atoms with E-state index in [1.54, 1.807) is 38.1 Å². The molecule has 1 aromatic carbocycles. The smallest absolute Gasteiger partial charge is 0.237 e. The fraction of sp³-hybridized carbons (Fsp3) is 0.500. The summed E-state index contributed by atoms with van der Waals surface area (Å²) in [5.41, 5.74) is 6.91. The molecule has 0 saturated carbocycles. The zero-order valence-electron chi connectivity index (χ0n) is 10.6. The summed E-state index contributed by atoms with van der Waals surface area (Å²) >= 11 is 0. The van der Waals surface area contributed by atoms with Crippen LogP contribution in [0, 0.1) is 0 Å². The van der Waals surface area contributed by atoms with Crippen molar-refractivity contribution >= 4 is 21.4 Å². The average Bonchev–Trinajstić information content (AvgIpc) is 2.27. The van der Waals surface area contributed by atoms with Gasteiger partial charge in [-0.2, -0.15) is 0 Å². The van der Waals surface area contributed by atoms with Crippen LogP contribution in [0.2, 0.25) is 0 Å². The first-order valence-electron chi connectivity index (χ1n) is 5.76. The Morgan fingerprint density at radius 1 is 1.24 bits per heavy atom. The summed E-state index contributed by atoms with van der Waals surface area (Å²) in [4.78, 5) is 0. The third-order valence-corrected chi connectivity index (χ3v) is 4.71. The summed E-state index contributed by atoms with van der Waals surface area (Å²) in [5.74, 6) is 0. The van der Waals surface area contributed by atoms with Gasteiger partial charge in [-0.05, 0) is 44.5 Å². The van der Waals surface area contributed by atoms with E-state index >= 15 is 0 Å². The molecule has 4 nitrogen and oxygen atoms in total. The summed E-state index contributed by atoms with van der Waals surface area (Å²) in [7, 11) is -3.27. The molecule has 0 radical (unpaired) electrons. The molecule has 96 valence electrons. The highest BCUT2D eigenvalue weighted by Crippen LogP contribution is 2.22. The Hall–Kier alpha value is -1.23. The first-order valence-corrected chi connectivity index (χ1v) is 7.27. The fourth-order valence-electron chi connectivity index (χ4n) is 1.50. The average molecular weight is 256 g/mol. The van der Waals surface area contributed by atoms with Gasteiger partial charge in [0.25, 0.3) is 0 Å². The van der Waals surface area contributed by atoms with Crippen LogP contribution in [0.1, 0.15) is 27.2 Å². The molecule has 0 aliphatic carbocycles. The molecule has 1 aromatic rings. The number of hydrogen-bond acceptors (Lipinski definition) is 3. The van der Waals surface area contributed by atoms with Gasteiger partial charge in [-0.15, -0.1) is 0 Å². The molecular formula is C12H20N2O2S. The van der Waals surface area contributed by atoms with Gasteiger partial charge < -0.3 is 5.73 Å². The molecule has 0 unspecified atom stereocenters. The topological polar surface area (TPSA) is 63.4 Å². The van der Waals surface area contributed by atoms with E-state index < -0.39 is 15.3 Å². The Morgan fingerprint density at radius 3 is 2.18 bits per heavy atom. The van der Waals surface area contributed by atoms with E-state index in [0.717, 1.165) is 6.42 Å². The number of benzene rings is 1. The summed E-state index contributed by atoms with van der Waals surface area (Å²) in [6.07, 6.45) is 0.774. The Morgan fingerprint density at radius 2 is 1.76 bits per heavy atom. The number of hydrogen-bond donors (Lipinski definition) is 1. The van der Waals surface area contributed by atoms with Crippen molar-refractivity contribution < 1.29 is 8.42 Å². The molecule has 0 heterocycles. The monoisotopic (exact) mass is 256 g/mol. The molecule has 0 aromatic heterocycles. The van der Waals surface area contributed by atoms with Gasteiger partial charge in [0.1, 0.15) is 0 Å². The van der Waals surface area contributed by atoms with Crippen LogP contribution >= 0.6 is 0 Å². The van der Waals surface area contributed by atoms with E-state index in [9.17, 15) is 8.42 Å². The Balaban J connectivity index is 3.14. The van der Waals surface area contributed by atoms with Gasteiger partial charge >= 0.3 is 0 Å². The van der Waals surface area contributed by atoms with E-state index in [1.165, 1.54) is 4.31 Å². The molecule has 0 atom stereocenters. The number of rotatable bonds is 5. The van der Waals surface area contributed by atoms with Gasteiger partial charge in [0, 0.05) is 12.2 Å². The number of nitrogen functional groups attached to an aromatic ring is 1. The van der Waals surface area contributed by atoms with E-state index in [4.69, 9.17) is 5.73 Å². The van der Waals surface area contributed by atoms with Crippen molar-refractivity contribution in [1.82, 2.24) is 0 Å². The summed E-state index contributed by atoms with van der Waals surface area (Å²) < 4.78 is 25.9. The lowest BCUT2D eigenvalue weighted by Crippen LogP contribution is -2.37. The van der Waals surface area contributed by atoms with E-state index in [2.05, 4.69) is 0 Å². The van der Waals surface area contributed by atoms with Crippen LogP contribution < -0.4 is 10.0 Å². The summed E-state index contributed by atoms with van der Waals surface area (Å²) in [6.45, 7) is 5.83. The Kier molecular flexibility index (Phi) is 4.40. The van der Waals surface area contributed by atoms with Crippen LogP contribution in [0.25, 0.3) is 0 Å². The van der Waals surface area contributed by atoms with Gasteiger partial charge in [-0.3, -0.25) is 4.31 Å². The van der Waals surface area contributed by atoms with Gasteiger partial charge in [-0.1, -0.05) is 6.92 Å². The van der Waals surface area contributed by atoms with Crippen LogP contribution in [0.15, 0.2) is 24.3 Å². The Bertz CT molecular complexity index is 452. The second-order valence-electron chi connectivity index (χ2n) is 4.26. The van der Waals surface area contributed by atoms with E-state index in [0.29, 0.717) is 17.9 Å². The highest BCUT2D eigenvalue weighted by molar-refractivity contribution is 7.93. The number of nitrogens with two attached hydrogens (primary N) is 1. The first kappa shape index (κ1) is 13.8. The minimum absolute atomic E-state index is 0.424. The Labute approximate surface area is 103 Å². The SMILES string of the molecule is CCCN(c1ccc(N)cc1)S(=O)(=O)C(C)C. The maximum Gasteiger partial charge on any atom is 0.237 e. The molecule has 2 N–H and O–H groups in total. The van der Waals surface area contributed by atoms with Crippen molar-refractivity contribution in [3.63, 3.8) is 0 Å². The highest BCUT2D eigenvalue weighted by atomic mass is 32.2. The van der Waals surface area contributed by atoms with Gasteiger partial charge in [0.15, 0.2) is 0 Å². The minimum Gasteiger partial charge on any atom is -0.399 e. The molecule has 0 fully saturated rings. The third kappa shape index (κ3) is 3.12. The third-order valence-electron chi connectivity index (χ3n) is 2.51. The standard InChI is InChI=1S/C12H20N2O2S/c1-4-9-14(17(15,16)10(2)3)12-7-5-11(13)6-8-12/h5-8,10H,4,9,13H2,1-3H3. The van der Waals surface area contributed by atoms with Crippen molar-refractivity contribution in [2.24, 2.45) is 0 Å². The van der Waals surface area contributed by atoms with E-state index in [1.807, 2.05) is 6.92 Å². The van der Waals surface area contributed by atoms with Gasteiger partial charge in [-0.25, -0.2) is 8.42 Å². The van der Waals surface area contributed by atoms with Crippen LogP contribution in [0.4, 0.5) is 11.4 Å². The quantitative estimate of drug-likeness (QED) is 0.822. The van der Waals surface area contributed by atoms with Crippen molar-refractivity contribution in [2.75, 3.05) is 16.6 Å². The normalized spacial score (nSPS) is 11.8. The molecule has 0 bridgehead atoms. The van der Waals surface area contributed by atoms with Crippen molar-refractivity contribution in [3.05, 3.63) is 24.3 Å². The minimum atomic E-state index is -3.27. The largest absolute Gasteiger partial charge is 0.399 e. The first-order chi connectivity index (χ1) is 7.89. The lowest BCUT2D eigenvalue weighted by molar-refractivity contribution is 0.581. The predicted molar refractivity (Wildman–Crippen MR) is 72.5 cm³/mol. The second kappa shape index (κ2) is 5.40. The van der Waals surface area contributed by atoms with Crippen LogP contribution in [0.5, 0.6) is 0 Å². The lowest BCUT2D eigenvalue weighted by atomic mass is 10.3. The number of nitrogens with zero attached hydrogens (tertiary/aromatic N) is 1. The molecule has 0 spiro atoms. The predicted octanol–water partition coefficient (Wildman–Crippen LogP) is 2.22. The van der Waals surface area contributed by atoms with Crippen molar-refractivity contribution in [3.8, 4) is 0 Å². The lowest BCUT2D eigenvalue weighted by Gasteiger charge is -2.26. The number of anilines is 2. The maximum absolute atomic E-state index is 12.2. The zero-order valence-corrected chi connectivity index (χ0v) is 11.4. The van der Waals surface area contributed by atoms with Gasteiger partial charge in [0.2, 0.25) is 10.0 Å². The molecule has 0 aliphatic rings. The summed E-state index contributed by atoms with van der Waals surface area (Å²) in [6, 6.07) is 6.91. The number of sulfonamides is 1. The molecule has 17 heavy (non-hydrogen) atoms. The molecule has 5 heteroatoms. The second-order valence-corrected chi connectivity index (χ2v) is 6.67. The zero-order chi connectivity index (χ0) is 13.1. The van der Waals surface area contributed by atoms with Crippen LogP contribution in [0.3, 0.4) is 0 Å². The molecule has 0 saturated heterocycles. The molecule has 1 rings (SSSR count). The molecule has 0 amide bonds. The van der Waals surface area contributed by atoms with Gasteiger partial charge in [0.05, 0.1) is 10.9 Å². The summed E-state index contributed by atoms with van der Waals surface area (Å²) in [5, 5.41) is -0.424. The maximum atomic E-state index is 12.2. The van der Waals surface area contributed by atoms with Crippen molar-refractivity contribution in [1.29, 1.82) is 0 Å². The molecule has 0 aliphatic heterocycles. The molecular weight excluding hydrogens is 236 g/mol. The van der Waals surface area contributed by atoms with Crippen LogP contribution in [-0.2, 0) is 10.0 Å². The highest BCUT2D eigenvalue weighted by Gasteiger charge is 2.25.